The first-order chi connectivity index (χ1) is 11.5. The van der Waals surface area contributed by atoms with E-state index in [0.29, 0.717) is 30.3 Å². The van der Waals surface area contributed by atoms with Gasteiger partial charge in [-0.15, -0.1) is 0 Å². The Hall–Kier alpha value is -1.99. The van der Waals surface area contributed by atoms with E-state index in [2.05, 4.69) is 0 Å². The van der Waals surface area contributed by atoms with Crippen molar-refractivity contribution in [2.75, 3.05) is 41.5 Å². The molecule has 134 valence electrons. The van der Waals surface area contributed by atoms with Crippen LogP contribution in [-0.4, -0.2) is 64.5 Å². The molecule has 2 rings (SSSR count). The molecule has 1 aliphatic rings. The number of hydrogen-bond donors (Lipinski definition) is 1. The first-order valence-electron chi connectivity index (χ1n) is 7.89. The van der Waals surface area contributed by atoms with Gasteiger partial charge in [-0.2, -0.15) is 0 Å². The summed E-state index contributed by atoms with van der Waals surface area (Å²) in [5.74, 6) is 1.61. The molecule has 1 aliphatic heterocycles. The molecule has 1 saturated heterocycles. The van der Waals surface area contributed by atoms with Gasteiger partial charge in [0.25, 0.3) is 0 Å². The van der Waals surface area contributed by atoms with E-state index >= 15 is 0 Å². The van der Waals surface area contributed by atoms with Crippen molar-refractivity contribution in [1.29, 1.82) is 0 Å². The van der Waals surface area contributed by atoms with Crippen molar-refractivity contribution in [2.45, 2.75) is 25.0 Å². The molecular weight excluding hydrogens is 312 g/mol. The Labute approximate surface area is 142 Å². The van der Waals surface area contributed by atoms with Crippen molar-refractivity contribution in [2.24, 2.45) is 5.73 Å². The number of likely N-dealkylation sites (tertiary alicyclic amines) is 1. The Kier molecular flexibility index (Phi) is 6.28. The average molecular weight is 338 g/mol. The van der Waals surface area contributed by atoms with Gasteiger partial charge in [0.05, 0.1) is 33.9 Å². The number of amides is 1. The van der Waals surface area contributed by atoms with E-state index in [-0.39, 0.29) is 24.5 Å². The Morgan fingerprint density at radius 1 is 1.17 bits per heavy atom. The molecule has 2 atom stereocenters. The SMILES string of the molecule is COc1cc(CC(=O)N2CC[C@@H](N)[C@@H](OC)C2)cc(OC)c1OC. The molecule has 1 aromatic carbocycles. The number of carbonyl (C=O) groups is 1. The number of methoxy groups -OCH3 is 4. The lowest BCUT2D eigenvalue weighted by Crippen LogP contribution is -2.53. The van der Waals surface area contributed by atoms with Gasteiger partial charge < -0.3 is 29.6 Å². The molecule has 0 aromatic heterocycles. The zero-order chi connectivity index (χ0) is 17.7. The fourth-order valence-electron chi connectivity index (χ4n) is 2.93. The van der Waals surface area contributed by atoms with Crippen LogP contribution in [0.3, 0.4) is 0 Å². The Bertz CT molecular complexity index is 553. The molecule has 0 bridgehead atoms. The summed E-state index contributed by atoms with van der Waals surface area (Å²) in [4.78, 5) is 14.4. The Balaban J connectivity index is 2.14. The molecule has 0 spiro atoms. The molecule has 1 heterocycles. The van der Waals surface area contributed by atoms with Crippen LogP contribution in [0.15, 0.2) is 12.1 Å². The summed E-state index contributed by atoms with van der Waals surface area (Å²) in [6.07, 6.45) is 0.865. The monoisotopic (exact) mass is 338 g/mol. The van der Waals surface area contributed by atoms with Gasteiger partial charge in [-0.25, -0.2) is 0 Å². The van der Waals surface area contributed by atoms with E-state index in [1.165, 1.54) is 0 Å². The number of nitrogens with two attached hydrogens (primary N) is 1. The van der Waals surface area contributed by atoms with Crippen molar-refractivity contribution in [3.05, 3.63) is 17.7 Å². The van der Waals surface area contributed by atoms with Crippen LogP contribution >= 0.6 is 0 Å². The summed E-state index contributed by atoms with van der Waals surface area (Å²) >= 11 is 0. The van der Waals surface area contributed by atoms with Crippen molar-refractivity contribution < 1.29 is 23.7 Å². The van der Waals surface area contributed by atoms with Gasteiger partial charge in [-0.3, -0.25) is 4.79 Å². The molecule has 1 fully saturated rings. The van der Waals surface area contributed by atoms with E-state index in [1.54, 1.807) is 45.5 Å². The minimum absolute atomic E-state index is 0.0261. The molecule has 7 heteroatoms. The number of carbonyl (C=O) groups excluding carboxylic acids is 1. The molecule has 0 radical (unpaired) electrons. The summed E-state index contributed by atoms with van der Waals surface area (Å²) < 4.78 is 21.3. The van der Waals surface area contributed by atoms with Gasteiger partial charge in [0.15, 0.2) is 11.5 Å². The van der Waals surface area contributed by atoms with Gasteiger partial charge in [0.2, 0.25) is 11.7 Å². The lowest BCUT2D eigenvalue weighted by Gasteiger charge is -2.36. The van der Waals surface area contributed by atoms with Gasteiger partial charge in [-0.05, 0) is 24.1 Å². The standard InChI is InChI=1S/C17H26N2O5/c1-21-13-7-11(8-14(22-2)17(13)24-4)9-16(20)19-6-5-12(18)15(10-19)23-3/h7-8,12,15H,5-6,9-10,18H2,1-4H3/t12-,15+/m1/s1. The normalized spacial score (nSPS) is 20.6. The van der Waals surface area contributed by atoms with Crippen molar-refractivity contribution in [3.8, 4) is 17.2 Å². The number of rotatable bonds is 6. The number of piperidine rings is 1. The Morgan fingerprint density at radius 2 is 1.79 bits per heavy atom. The minimum Gasteiger partial charge on any atom is -0.493 e. The zero-order valence-corrected chi connectivity index (χ0v) is 14.7. The van der Waals surface area contributed by atoms with Crippen LogP contribution in [0.4, 0.5) is 0 Å². The van der Waals surface area contributed by atoms with E-state index in [1.807, 2.05) is 0 Å². The quantitative estimate of drug-likeness (QED) is 0.827. The second-order valence-electron chi connectivity index (χ2n) is 5.78. The van der Waals surface area contributed by atoms with E-state index in [4.69, 9.17) is 24.7 Å². The largest absolute Gasteiger partial charge is 0.493 e. The number of ether oxygens (including phenoxy) is 4. The Morgan fingerprint density at radius 3 is 2.29 bits per heavy atom. The third-order valence-electron chi connectivity index (χ3n) is 4.35. The van der Waals surface area contributed by atoms with Crippen LogP contribution in [0.25, 0.3) is 0 Å². The molecule has 7 nitrogen and oxygen atoms in total. The van der Waals surface area contributed by atoms with Crippen molar-refractivity contribution >= 4 is 5.91 Å². The van der Waals surface area contributed by atoms with Gasteiger partial charge >= 0.3 is 0 Å². The summed E-state index contributed by atoms with van der Waals surface area (Å²) in [6.45, 7) is 1.16. The van der Waals surface area contributed by atoms with Crippen LogP contribution in [0.2, 0.25) is 0 Å². The van der Waals surface area contributed by atoms with E-state index in [9.17, 15) is 4.79 Å². The van der Waals surface area contributed by atoms with Gasteiger partial charge in [0.1, 0.15) is 0 Å². The van der Waals surface area contributed by atoms with E-state index in [0.717, 1.165) is 12.0 Å². The van der Waals surface area contributed by atoms with Gasteiger partial charge in [-0.1, -0.05) is 0 Å². The first kappa shape index (κ1) is 18.4. The maximum Gasteiger partial charge on any atom is 0.227 e. The number of hydrogen-bond acceptors (Lipinski definition) is 6. The lowest BCUT2D eigenvalue weighted by atomic mass is 10.0. The molecule has 2 N–H and O–H groups in total. The van der Waals surface area contributed by atoms with Crippen LogP contribution in [0, 0.1) is 0 Å². The molecule has 1 amide bonds. The number of benzene rings is 1. The molecule has 24 heavy (non-hydrogen) atoms. The predicted molar refractivity (Wildman–Crippen MR) is 89.8 cm³/mol. The summed E-state index contributed by atoms with van der Waals surface area (Å²) in [5.41, 5.74) is 6.81. The average Bonchev–Trinajstić information content (AvgIpc) is 2.60. The van der Waals surface area contributed by atoms with Crippen LogP contribution in [0.5, 0.6) is 17.2 Å². The van der Waals surface area contributed by atoms with Gasteiger partial charge in [0, 0.05) is 26.2 Å². The third-order valence-corrected chi connectivity index (χ3v) is 4.35. The highest BCUT2D eigenvalue weighted by Gasteiger charge is 2.29. The predicted octanol–water partition coefficient (Wildman–Crippen LogP) is 0.830. The maximum atomic E-state index is 12.6. The third kappa shape index (κ3) is 3.91. The van der Waals surface area contributed by atoms with Crippen LogP contribution in [0.1, 0.15) is 12.0 Å². The topological polar surface area (TPSA) is 83.3 Å². The first-order valence-corrected chi connectivity index (χ1v) is 7.89. The number of nitrogens with zero attached hydrogens (tertiary/aromatic N) is 1. The highest BCUT2D eigenvalue weighted by molar-refractivity contribution is 5.79. The summed E-state index contributed by atoms with van der Waals surface area (Å²) in [7, 11) is 6.28. The molecule has 0 saturated carbocycles. The van der Waals surface area contributed by atoms with Crippen LogP contribution < -0.4 is 19.9 Å². The molecule has 0 aliphatic carbocycles. The zero-order valence-electron chi connectivity index (χ0n) is 14.7. The summed E-state index contributed by atoms with van der Waals surface area (Å²) in [6, 6.07) is 3.56. The lowest BCUT2D eigenvalue weighted by molar-refractivity contribution is -0.134. The molecular formula is C17H26N2O5. The highest BCUT2D eigenvalue weighted by atomic mass is 16.5. The summed E-state index contributed by atoms with van der Waals surface area (Å²) in [5, 5.41) is 0. The highest BCUT2D eigenvalue weighted by Crippen LogP contribution is 2.38. The smallest absolute Gasteiger partial charge is 0.227 e. The second kappa shape index (κ2) is 8.21. The maximum absolute atomic E-state index is 12.6. The van der Waals surface area contributed by atoms with Crippen molar-refractivity contribution in [3.63, 3.8) is 0 Å². The fraction of sp³-hybridized carbons (Fsp3) is 0.588. The molecule has 1 aromatic rings. The van der Waals surface area contributed by atoms with Crippen molar-refractivity contribution in [1.82, 2.24) is 4.90 Å². The fourth-order valence-corrected chi connectivity index (χ4v) is 2.93. The second-order valence-corrected chi connectivity index (χ2v) is 5.78. The van der Waals surface area contributed by atoms with E-state index < -0.39 is 0 Å². The van der Waals surface area contributed by atoms with Crippen LogP contribution in [-0.2, 0) is 16.0 Å². The minimum atomic E-state index is -0.123. The molecule has 0 unspecified atom stereocenters.